The molecule has 0 bridgehead atoms. The van der Waals surface area contributed by atoms with E-state index in [1.165, 1.54) is 12.8 Å². The highest BCUT2D eigenvalue weighted by atomic mass is 19.1. The molecule has 1 aliphatic rings. The Morgan fingerprint density at radius 2 is 2.19 bits per heavy atom. The molecule has 1 aliphatic heterocycles. The van der Waals surface area contributed by atoms with Crippen LogP contribution in [0.4, 0.5) is 4.39 Å². The van der Waals surface area contributed by atoms with E-state index in [0.29, 0.717) is 11.6 Å². The first-order valence-electron chi connectivity index (χ1n) is 7.88. The van der Waals surface area contributed by atoms with Crippen molar-refractivity contribution in [2.45, 2.75) is 38.3 Å². The number of rotatable bonds is 6. The van der Waals surface area contributed by atoms with Crippen LogP contribution in [0.1, 0.15) is 36.4 Å². The van der Waals surface area contributed by atoms with Crippen molar-refractivity contribution in [3.8, 4) is 0 Å². The number of aryl methyl sites for hydroxylation is 1. The minimum atomic E-state index is -0.158. The van der Waals surface area contributed by atoms with E-state index in [1.807, 2.05) is 12.1 Å². The molecule has 0 aliphatic carbocycles. The van der Waals surface area contributed by atoms with Crippen molar-refractivity contribution in [2.24, 2.45) is 5.73 Å². The van der Waals surface area contributed by atoms with Gasteiger partial charge in [-0.1, -0.05) is 12.1 Å². The summed E-state index contributed by atoms with van der Waals surface area (Å²) in [6.07, 6.45) is 3.42. The van der Waals surface area contributed by atoms with E-state index >= 15 is 0 Å². The van der Waals surface area contributed by atoms with Gasteiger partial charge in [-0.3, -0.25) is 4.90 Å². The Bertz CT molecular complexity index is 461. The van der Waals surface area contributed by atoms with Gasteiger partial charge in [-0.05, 0) is 64.0 Å². The molecule has 21 heavy (non-hydrogen) atoms. The van der Waals surface area contributed by atoms with Crippen LogP contribution in [0.5, 0.6) is 0 Å². The summed E-state index contributed by atoms with van der Waals surface area (Å²) in [6.45, 7) is 5.04. The van der Waals surface area contributed by atoms with E-state index < -0.39 is 0 Å². The normalized spacial score (nSPS) is 21.1. The lowest BCUT2D eigenvalue weighted by atomic mass is 10.0. The summed E-state index contributed by atoms with van der Waals surface area (Å²) in [4.78, 5) is 4.78. The number of hydrogen-bond donors (Lipinski definition) is 1. The third kappa shape index (κ3) is 4.50. The first-order chi connectivity index (χ1) is 9.97. The van der Waals surface area contributed by atoms with Gasteiger partial charge in [0.05, 0.1) is 0 Å². The second kappa shape index (κ2) is 7.34. The third-order valence-corrected chi connectivity index (χ3v) is 4.43. The van der Waals surface area contributed by atoms with Crippen molar-refractivity contribution >= 4 is 0 Å². The van der Waals surface area contributed by atoms with E-state index in [2.05, 4.69) is 23.9 Å². The maximum atomic E-state index is 13.6. The van der Waals surface area contributed by atoms with Crippen LogP contribution >= 0.6 is 0 Å². The van der Waals surface area contributed by atoms with Gasteiger partial charge in [-0.2, -0.15) is 0 Å². The molecule has 0 saturated carbocycles. The Morgan fingerprint density at radius 1 is 1.43 bits per heavy atom. The molecule has 0 spiro atoms. The van der Waals surface area contributed by atoms with Crippen LogP contribution < -0.4 is 5.73 Å². The lowest BCUT2D eigenvalue weighted by Gasteiger charge is -2.28. The fraction of sp³-hybridized carbons (Fsp3) is 0.647. The van der Waals surface area contributed by atoms with Gasteiger partial charge in [0.1, 0.15) is 5.82 Å². The van der Waals surface area contributed by atoms with Gasteiger partial charge in [0.25, 0.3) is 0 Å². The van der Waals surface area contributed by atoms with Crippen molar-refractivity contribution < 1.29 is 4.39 Å². The molecule has 2 N–H and O–H groups in total. The average molecular weight is 293 g/mol. The lowest BCUT2D eigenvalue weighted by molar-refractivity contribution is 0.202. The minimum absolute atomic E-state index is 0.0827. The van der Waals surface area contributed by atoms with Gasteiger partial charge in [0.15, 0.2) is 0 Å². The van der Waals surface area contributed by atoms with Crippen LogP contribution in [0.25, 0.3) is 0 Å². The molecule has 0 aromatic heterocycles. The third-order valence-electron chi connectivity index (χ3n) is 4.43. The maximum Gasteiger partial charge on any atom is 0.126 e. The van der Waals surface area contributed by atoms with Gasteiger partial charge in [0, 0.05) is 25.2 Å². The van der Waals surface area contributed by atoms with Crippen molar-refractivity contribution in [3.05, 3.63) is 35.1 Å². The van der Waals surface area contributed by atoms with Crippen LogP contribution in [0.2, 0.25) is 0 Å². The summed E-state index contributed by atoms with van der Waals surface area (Å²) in [6, 6.07) is 5.91. The number of likely N-dealkylation sites (tertiary alicyclic amines) is 1. The number of nitrogens with two attached hydrogens (primary N) is 1. The summed E-state index contributed by atoms with van der Waals surface area (Å²) in [5.41, 5.74) is 7.82. The van der Waals surface area contributed by atoms with E-state index in [1.54, 1.807) is 13.0 Å². The molecular formula is C17H28FN3. The quantitative estimate of drug-likeness (QED) is 0.875. The highest BCUT2D eigenvalue weighted by Gasteiger charge is 2.25. The Labute approximate surface area is 127 Å². The second-order valence-corrected chi connectivity index (χ2v) is 6.50. The standard InChI is InChI=1S/C17H28FN3/c1-13-6-7-14(11-16(13)18)17(19)8-10-21-9-4-5-15(21)12-20(2)3/h6-7,11,15,17H,4-5,8-10,12,19H2,1-3H3. The topological polar surface area (TPSA) is 32.5 Å². The first kappa shape index (κ1) is 16.4. The zero-order valence-electron chi connectivity index (χ0n) is 13.5. The molecule has 0 radical (unpaired) electrons. The van der Waals surface area contributed by atoms with Gasteiger partial charge in [0.2, 0.25) is 0 Å². The molecule has 1 aromatic rings. The summed E-state index contributed by atoms with van der Waals surface area (Å²) in [5, 5.41) is 0. The first-order valence-corrected chi connectivity index (χ1v) is 7.88. The van der Waals surface area contributed by atoms with Crippen LogP contribution in [0, 0.1) is 12.7 Å². The lowest BCUT2D eigenvalue weighted by Crippen LogP contribution is -2.38. The molecule has 4 heteroatoms. The molecule has 3 nitrogen and oxygen atoms in total. The molecule has 1 heterocycles. The highest BCUT2D eigenvalue weighted by molar-refractivity contribution is 5.25. The number of hydrogen-bond acceptors (Lipinski definition) is 3. The fourth-order valence-corrected chi connectivity index (χ4v) is 3.13. The van der Waals surface area contributed by atoms with Crippen LogP contribution in [-0.2, 0) is 0 Å². The molecular weight excluding hydrogens is 265 g/mol. The molecule has 2 atom stereocenters. The van der Waals surface area contributed by atoms with Crippen molar-refractivity contribution in [1.82, 2.24) is 9.80 Å². The molecule has 118 valence electrons. The largest absolute Gasteiger partial charge is 0.324 e. The highest BCUT2D eigenvalue weighted by Crippen LogP contribution is 2.22. The Morgan fingerprint density at radius 3 is 2.86 bits per heavy atom. The number of halogens is 1. The zero-order chi connectivity index (χ0) is 15.4. The number of likely N-dealkylation sites (N-methyl/N-ethyl adjacent to an activating group) is 1. The Hall–Kier alpha value is -0.970. The molecule has 2 rings (SSSR count). The van der Waals surface area contributed by atoms with Gasteiger partial charge in [-0.15, -0.1) is 0 Å². The summed E-state index contributed by atoms with van der Waals surface area (Å²) < 4.78 is 13.6. The SMILES string of the molecule is Cc1ccc(C(N)CCN2CCCC2CN(C)C)cc1F. The van der Waals surface area contributed by atoms with Crippen molar-refractivity contribution in [2.75, 3.05) is 33.7 Å². The van der Waals surface area contributed by atoms with E-state index in [-0.39, 0.29) is 11.9 Å². The molecule has 1 fully saturated rings. The van der Waals surface area contributed by atoms with Crippen molar-refractivity contribution in [1.29, 1.82) is 0 Å². The van der Waals surface area contributed by atoms with Gasteiger partial charge in [-0.25, -0.2) is 4.39 Å². The predicted octanol–water partition coefficient (Wildman–Crippen LogP) is 2.55. The van der Waals surface area contributed by atoms with E-state index in [4.69, 9.17) is 5.73 Å². The van der Waals surface area contributed by atoms with Crippen molar-refractivity contribution in [3.63, 3.8) is 0 Å². The summed E-state index contributed by atoms with van der Waals surface area (Å²) in [7, 11) is 4.24. The summed E-state index contributed by atoms with van der Waals surface area (Å²) in [5.74, 6) is -0.158. The minimum Gasteiger partial charge on any atom is -0.324 e. The fourth-order valence-electron chi connectivity index (χ4n) is 3.13. The Kier molecular flexibility index (Phi) is 5.73. The Balaban J connectivity index is 1.88. The van der Waals surface area contributed by atoms with E-state index in [9.17, 15) is 4.39 Å². The predicted molar refractivity (Wildman–Crippen MR) is 85.8 cm³/mol. The van der Waals surface area contributed by atoms with Gasteiger partial charge >= 0.3 is 0 Å². The van der Waals surface area contributed by atoms with Crippen LogP contribution in [0.3, 0.4) is 0 Å². The average Bonchev–Trinajstić information content (AvgIpc) is 2.85. The van der Waals surface area contributed by atoms with E-state index in [0.717, 1.165) is 31.6 Å². The number of nitrogens with zero attached hydrogens (tertiary/aromatic N) is 2. The maximum absolute atomic E-state index is 13.6. The van der Waals surface area contributed by atoms with Gasteiger partial charge < -0.3 is 10.6 Å². The second-order valence-electron chi connectivity index (χ2n) is 6.50. The smallest absolute Gasteiger partial charge is 0.126 e. The van der Waals surface area contributed by atoms with Crippen LogP contribution in [0.15, 0.2) is 18.2 Å². The zero-order valence-corrected chi connectivity index (χ0v) is 13.5. The molecule has 1 aromatic carbocycles. The van der Waals surface area contributed by atoms with Crippen LogP contribution in [-0.4, -0.2) is 49.6 Å². The molecule has 1 saturated heterocycles. The summed E-state index contributed by atoms with van der Waals surface area (Å²) >= 11 is 0. The molecule has 2 unspecified atom stereocenters. The monoisotopic (exact) mass is 293 g/mol. The molecule has 0 amide bonds. The number of benzene rings is 1.